The van der Waals surface area contributed by atoms with Gasteiger partial charge in [-0.3, -0.25) is 9.59 Å². The maximum atomic E-state index is 12.4. The molecule has 0 unspecified atom stereocenters. The van der Waals surface area contributed by atoms with Gasteiger partial charge in [-0.05, 0) is 59.0 Å². The quantitative estimate of drug-likeness (QED) is 0.546. The van der Waals surface area contributed by atoms with Crippen molar-refractivity contribution in [3.05, 3.63) is 100 Å². The summed E-state index contributed by atoms with van der Waals surface area (Å²) in [5.74, 6) is -0.343. The molecule has 5 heteroatoms. The Morgan fingerprint density at radius 2 is 1.43 bits per heavy atom. The Labute approximate surface area is 182 Å². The van der Waals surface area contributed by atoms with Crippen molar-refractivity contribution in [1.29, 1.82) is 0 Å². The van der Waals surface area contributed by atoms with Gasteiger partial charge in [0.25, 0.3) is 11.8 Å². The summed E-state index contributed by atoms with van der Waals surface area (Å²) in [6, 6.07) is 21.8. The minimum Gasteiger partial charge on any atom is -0.348 e. The highest BCUT2D eigenvalue weighted by molar-refractivity contribution is 6.31. The molecule has 0 saturated carbocycles. The highest BCUT2D eigenvalue weighted by Crippen LogP contribution is 2.22. The Hall–Kier alpha value is -3.11. The van der Waals surface area contributed by atoms with Gasteiger partial charge in [-0.2, -0.15) is 0 Å². The van der Waals surface area contributed by atoms with Crippen molar-refractivity contribution in [2.24, 2.45) is 0 Å². The molecule has 0 aliphatic carbocycles. The fraction of sp³-hybridized carbons (Fsp3) is 0.200. The first kappa shape index (κ1) is 21.6. The summed E-state index contributed by atoms with van der Waals surface area (Å²) in [5.41, 5.74) is 3.94. The van der Waals surface area contributed by atoms with Crippen molar-refractivity contribution < 1.29 is 9.59 Å². The molecule has 0 saturated heterocycles. The van der Waals surface area contributed by atoms with Gasteiger partial charge in [-0.1, -0.05) is 62.7 Å². The fourth-order valence-corrected chi connectivity index (χ4v) is 3.14. The number of amides is 2. The van der Waals surface area contributed by atoms with E-state index in [9.17, 15) is 9.59 Å². The molecule has 2 N–H and O–H groups in total. The molecule has 30 heavy (non-hydrogen) atoms. The van der Waals surface area contributed by atoms with Crippen molar-refractivity contribution in [3.8, 4) is 0 Å². The van der Waals surface area contributed by atoms with Gasteiger partial charge in [0.1, 0.15) is 0 Å². The molecule has 0 heterocycles. The van der Waals surface area contributed by atoms with Crippen molar-refractivity contribution in [2.75, 3.05) is 5.32 Å². The van der Waals surface area contributed by atoms with Crippen molar-refractivity contribution >= 4 is 29.1 Å². The number of benzene rings is 3. The van der Waals surface area contributed by atoms with E-state index >= 15 is 0 Å². The Kier molecular flexibility index (Phi) is 6.58. The average Bonchev–Trinajstić information content (AvgIpc) is 2.72. The number of halogens is 1. The van der Waals surface area contributed by atoms with Crippen LogP contribution < -0.4 is 10.6 Å². The Morgan fingerprint density at radius 1 is 0.833 bits per heavy atom. The van der Waals surface area contributed by atoms with Crippen LogP contribution in [0.3, 0.4) is 0 Å². The Balaban J connectivity index is 1.56. The zero-order chi connectivity index (χ0) is 21.7. The number of hydrogen-bond donors (Lipinski definition) is 2. The second-order valence-corrected chi connectivity index (χ2v) is 8.61. The summed E-state index contributed by atoms with van der Waals surface area (Å²) in [7, 11) is 0. The van der Waals surface area contributed by atoms with E-state index in [0.29, 0.717) is 28.4 Å². The highest BCUT2D eigenvalue weighted by Gasteiger charge is 2.14. The summed E-state index contributed by atoms with van der Waals surface area (Å²) >= 11 is 5.94. The van der Waals surface area contributed by atoms with Crippen LogP contribution in [0.15, 0.2) is 72.8 Å². The molecule has 0 aliphatic heterocycles. The summed E-state index contributed by atoms with van der Waals surface area (Å²) in [5, 5.41) is 6.29. The number of anilines is 1. The summed E-state index contributed by atoms with van der Waals surface area (Å²) in [4.78, 5) is 24.8. The maximum Gasteiger partial charge on any atom is 0.255 e. The lowest BCUT2D eigenvalue weighted by atomic mass is 9.87. The lowest BCUT2D eigenvalue weighted by Gasteiger charge is -2.19. The van der Waals surface area contributed by atoms with Gasteiger partial charge in [0.15, 0.2) is 0 Å². The molecule has 0 fully saturated rings. The van der Waals surface area contributed by atoms with E-state index in [1.165, 1.54) is 5.56 Å². The molecule has 4 nitrogen and oxygen atoms in total. The second-order valence-electron chi connectivity index (χ2n) is 8.17. The molecule has 3 aromatic carbocycles. The third-order valence-electron chi connectivity index (χ3n) is 4.76. The normalized spacial score (nSPS) is 11.1. The molecule has 3 rings (SSSR count). The lowest BCUT2D eigenvalue weighted by Crippen LogP contribution is -2.23. The third kappa shape index (κ3) is 5.71. The predicted octanol–water partition coefficient (Wildman–Crippen LogP) is 5.82. The molecular weight excluding hydrogens is 396 g/mol. The molecule has 0 aliphatic rings. The molecule has 2 amide bonds. The maximum absolute atomic E-state index is 12.4. The van der Waals surface area contributed by atoms with Crippen LogP contribution in [0.25, 0.3) is 0 Å². The van der Waals surface area contributed by atoms with E-state index in [1.54, 1.807) is 36.4 Å². The average molecular weight is 421 g/mol. The standard InChI is InChI=1S/C25H25ClN2O2/c1-25(2,3)20-13-11-18(12-14-20)23(29)27-16-17-7-9-19(10-8-17)24(30)28-22-6-4-5-21(26)15-22/h4-15H,16H2,1-3H3,(H,27,29)(H,28,30). The van der Waals surface area contributed by atoms with Gasteiger partial charge in [-0.25, -0.2) is 0 Å². The predicted molar refractivity (Wildman–Crippen MR) is 122 cm³/mol. The van der Waals surface area contributed by atoms with Gasteiger partial charge >= 0.3 is 0 Å². The topological polar surface area (TPSA) is 58.2 Å². The van der Waals surface area contributed by atoms with E-state index in [-0.39, 0.29) is 17.2 Å². The molecule has 3 aromatic rings. The zero-order valence-electron chi connectivity index (χ0n) is 17.3. The summed E-state index contributed by atoms with van der Waals surface area (Å²) in [6.07, 6.45) is 0. The SMILES string of the molecule is CC(C)(C)c1ccc(C(=O)NCc2ccc(C(=O)Nc3cccc(Cl)c3)cc2)cc1. The molecular formula is C25H25ClN2O2. The highest BCUT2D eigenvalue weighted by atomic mass is 35.5. The molecule has 154 valence electrons. The summed E-state index contributed by atoms with van der Waals surface area (Å²) < 4.78 is 0. The monoisotopic (exact) mass is 420 g/mol. The molecule has 0 aromatic heterocycles. The Bertz CT molecular complexity index is 1040. The van der Waals surface area contributed by atoms with Gasteiger partial charge in [0.05, 0.1) is 0 Å². The van der Waals surface area contributed by atoms with Crippen LogP contribution in [0.5, 0.6) is 0 Å². The van der Waals surface area contributed by atoms with Crippen LogP contribution in [0, 0.1) is 0 Å². The number of carbonyl (C=O) groups excluding carboxylic acids is 2. The minimum atomic E-state index is -0.216. The van der Waals surface area contributed by atoms with E-state index in [0.717, 1.165) is 5.56 Å². The minimum absolute atomic E-state index is 0.0514. The molecule has 0 spiro atoms. The van der Waals surface area contributed by atoms with Gasteiger partial charge < -0.3 is 10.6 Å². The van der Waals surface area contributed by atoms with E-state index in [2.05, 4.69) is 31.4 Å². The van der Waals surface area contributed by atoms with Crippen LogP contribution in [-0.2, 0) is 12.0 Å². The third-order valence-corrected chi connectivity index (χ3v) is 5.00. The summed E-state index contributed by atoms with van der Waals surface area (Å²) in [6.45, 7) is 6.80. The van der Waals surface area contributed by atoms with Crippen LogP contribution in [-0.4, -0.2) is 11.8 Å². The number of rotatable bonds is 5. The van der Waals surface area contributed by atoms with E-state index in [1.807, 2.05) is 36.4 Å². The number of carbonyl (C=O) groups is 2. The van der Waals surface area contributed by atoms with Crippen LogP contribution in [0.2, 0.25) is 5.02 Å². The zero-order valence-corrected chi connectivity index (χ0v) is 18.1. The van der Waals surface area contributed by atoms with Crippen molar-refractivity contribution in [1.82, 2.24) is 5.32 Å². The van der Waals surface area contributed by atoms with Crippen molar-refractivity contribution in [2.45, 2.75) is 32.7 Å². The Morgan fingerprint density at radius 3 is 2.03 bits per heavy atom. The molecule has 0 radical (unpaired) electrons. The van der Waals surface area contributed by atoms with Crippen LogP contribution in [0.1, 0.15) is 52.6 Å². The first-order valence-electron chi connectivity index (χ1n) is 9.77. The molecule has 0 atom stereocenters. The van der Waals surface area contributed by atoms with E-state index in [4.69, 9.17) is 11.6 Å². The van der Waals surface area contributed by atoms with Gasteiger partial charge in [0.2, 0.25) is 0 Å². The lowest BCUT2D eigenvalue weighted by molar-refractivity contribution is 0.0949. The second kappa shape index (κ2) is 9.14. The first-order valence-corrected chi connectivity index (χ1v) is 10.1. The van der Waals surface area contributed by atoms with Gasteiger partial charge in [-0.15, -0.1) is 0 Å². The fourth-order valence-electron chi connectivity index (χ4n) is 2.95. The number of nitrogens with one attached hydrogen (secondary N) is 2. The van der Waals surface area contributed by atoms with E-state index < -0.39 is 0 Å². The number of hydrogen-bond acceptors (Lipinski definition) is 2. The van der Waals surface area contributed by atoms with Crippen molar-refractivity contribution in [3.63, 3.8) is 0 Å². The van der Waals surface area contributed by atoms with Gasteiger partial charge in [0, 0.05) is 28.4 Å². The molecule has 0 bridgehead atoms. The largest absolute Gasteiger partial charge is 0.348 e. The van der Waals surface area contributed by atoms with Crippen LogP contribution in [0.4, 0.5) is 5.69 Å². The van der Waals surface area contributed by atoms with Crippen LogP contribution >= 0.6 is 11.6 Å². The first-order chi connectivity index (χ1) is 14.2. The smallest absolute Gasteiger partial charge is 0.255 e.